The molecule has 0 bridgehead atoms. The maximum absolute atomic E-state index is 13.0. The largest absolute Gasteiger partial charge is 0.417 e. The minimum atomic E-state index is -4.51. The third-order valence-electron chi connectivity index (χ3n) is 2.73. The van der Waals surface area contributed by atoms with Crippen molar-refractivity contribution in [1.82, 2.24) is 15.0 Å². The van der Waals surface area contributed by atoms with Crippen molar-refractivity contribution in [1.29, 1.82) is 0 Å². The number of halogens is 3. The molecule has 21 heavy (non-hydrogen) atoms. The molecule has 112 valence electrons. The fraction of sp³-hybridized carbons (Fsp3) is 0.250. The number of anilines is 1. The number of aromatic nitrogens is 3. The number of rotatable bonds is 5. The molecule has 0 aliphatic heterocycles. The van der Waals surface area contributed by atoms with E-state index in [1.54, 1.807) is 10.9 Å². The zero-order chi connectivity index (χ0) is 15.5. The number of alkyl halides is 3. The third-order valence-corrected chi connectivity index (χ3v) is 2.95. The van der Waals surface area contributed by atoms with E-state index in [0.29, 0.717) is 18.8 Å². The Hall–Kier alpha value is -2.16. The molecule has 0 aliphatic carbocycles. The van der Waals surface area contributed by atoms with Crippen molar-refractivity contribution >= 4 is 22.9 Å². The maximum Gasteiger partial charge on any atom is 0.417 e. The van der Waals surface area contributed by atoms with Crippen LogP contribution in [0.1, 0.15) is 11.1 Å². The molecule has 3 N–H and O–H groups in total. The molecule has 1 aromatic carbocycles. The van der Waals surface area contributed by atoms with Crippen molar-refractivity contribution < 1.29 is 13.2 Å². The van der Waals surface area contributed by atoms with Crippen LogP contribution < -0.4 is 11.1 Å². The minimum Gasteiger partial charge on any atom is -0.389 e. The molecule has 0 amide bonds. The fourth-order valence-electron chi connectivity index (χ4n) is 1.77. The van der Waals surface area contributed by atoms with Gasteiger partial charge in [0.2, 0.25) is 0 Å². The predicted molar refractivity (Wildman–Crippen MR) is 75.8 cm³/mol. The normalized spacial score (nSPS) is 11.4. The van der Waals surface area contributed by atoms with Gasteiger partial charge in [-0.3, -0.25) is 4.68 Å². The van der Waals surface area contributed by atoms with E-state index in [-0.39, 0.29) is 10.6 Å². The van der Waals surface area contributed by atoms with E-state index < -0.39 is 11.7 Å². The topological polar surface area (TPSA) is 68.8 Å². The van der Waals surface area contributed by atoms with Crippen molar-refractivity contribution in [2.75, 3.05) is 11.9 Å². The lowest BCUT2D eigenvalue weighted by atomic mass is 10.1. The number of nitrogens with two attached hydrogens (primary N) is 1. The van der Waals surface area contributed by atoms with E-state index in [0.717, 1.165) is 6.07 Å². The monoisotopic (exact) mass is 315 g/mol. The summed E-state index contributed by atoms with van der Waals surface area (Å²) in [7, 11) is 0. The number of hydrogen-bond donors (Lipinski definition) is 2. The average Bonchev–Trinajstić information content (AvgIpc) is 2.90. The Morgan fingerprint density at radius 1 is 1.38 bits per heavy atom. The van der Waals surface area contributed by atoms with Gasteiger partial charge in [0.25, 0.3) is 0 Å². The second kappa shape index (κ2) is 6.08. The predicted octanol–water partition coefficient (Wildman–Crippen LogP) is 2.04. The number of nitrogens with one attached hydrogen (secondary N) is 1. The SMILES string of the molecule is NC(=S)c1ccc(NCCn2ccnn2)cc1C(F)(F)F. The second-order valence-electron chi connectivity index (χ2n) is 4.22. The highest BCUT2D eigenvalue weighted by atomic mass is 32.1. The van der Waals surface area contributed by atoms with Gasteiger partial charge in [-0.25, -0.2) is 0 Å². The number of nitrogens with zero attached hydrogens (tertiary/aromatic N) is 3. The zero-order valence-corrected chi connectivity index (χ0v) is 11.6. The van der Waals surface area contributed by atoms with Crippen LogP contribution in [0.15, 0.2) is 30.6 Å². The van der Waals surface area contributed by atoms with Gasteiger partial charge in [0.1, 0.15) is 4.99 Å². The Kier molecular flexibility index (Phi) is 4.41. The first kappa shape index (κ1) is 15.2. The molecule has 0 fully saturated rings. The summed E-state index contributed by atoms with van der Waals surface area (Å²) in [6.45, 7) is 0.894. The van der Waals surface area contributed by atoms with Crippen LogP contribution in [0.4, 0.5) is 18.9 Å². The summed E-state index contributed by atoms with van der Waals surface area (Å²) in [6, 6.07) is 3.77. The van der Waals surface area contributed by atoms with Crippen molar-refractivity contribution in [3.05, 3.63) is 41.7 Å². The molecule has 0 atom stereocenters. The van der Waals surface area contributed by atoms with E-state index in [2.05, 4.69) is 27.8 Å². The van der Waals surface area contributed by atoms with E-state index in [1.807, 2.05) is 0 Å². The minimum absolute atomic E-state index is 0.181. The summed E-state index contributed by atoms with van der Waals surface area (Å²) < 4.78 is 40.5. The molecular formula is C12H12F3N5S. The quantitative estimate of drug-likeness (QED) is 0.827. The Labute approximate surface area is 123 Å². The standard InChI is InChI=1S/C12H12F3N5S/c13-12(14,15)10-7-8(1-2-9(10)11(16)21)17-3-5-20-6-4-18-19-20/h1-2,4,6-7,17H,3,5H2,(H2,16,21). The van der Waals surface area contributed by atoms with Crippen LogP contribution in [0.3, 0.4) is 0 Å². The van der Waals surface area contributed by atoms with Crippen LogP contribution in [0.2, 0.25) is 0 Å². The molecular weight excluding hydrogens is 303 g/mol. The van der Waals surface area contributed by atoms with Gasteiger partial charge in [-0.15, -0.1) is 5.10 Å². The summed E-state index contributed by atoms with van der Waals surface area (Å²) in [5.41, 5.74) is 4.63. The highest BCUT2D eigenvalue weighted by Crippen LogP contribution is 2.33. The first-order valence-corrected chi connectivity index (χ1v) is 6.38. The Bertz CT molecular complexity index is 624. The number of benzene rings is 1. The van der Waals surface area contributed by atoms with Crippen molar-refractivity contribution in [3.8, 4) is 0 Å². The van der Waals surface area contributed by atoms with E-state index in [1.165, 1.54) is 18.3 Å². The van der Waals surface area contributed by atoms with Gasteiger partial charge < -0.3 is 11.1 Å². The molecule has 9 heteroatoms. The van der Waals surface area contributed by atoms with Crippen LogP contribution in [0.5, 0.6) is 0 Å². The smallest absolute Gasteiger partial charge is 0.389 e. The average molecular weight is 315 g/mol. The fourth-order valence-corrected chi connectivity index (χ4v) is 1.95. The van der Waals surface area contributed by atoms with Gasteiger partial charge in [-0.05, 0) is 18.2 Å². The number of hydrogen-bond acceptors (Lipinski definition) is 4. The maximum atomic E-state index is 13.0. The first-order valence-electron chi connectivity index (χ1n) is 5.97. The van der Waals surface area contributed by atoms with Gasteiger partial charge in [-0.1, -0.05) is 17.4 Å². The molecule has 0 aliphatic rings. The molecule has 2 aromatic rings. The van der Waals surface area contributed by atoms with E-state index >= 15 is 0 Å². The third kappa shape index (κ3) is 3.91. The summed E-state index contributed by atoms with van der Waals surface area (Å²) in [5, 5.41) is 10.3. The Morgan fingerprint density at radius 2 is 2.14 bits per heavy atom. The Balaban J connectivity index is 2.12. The van der Waals surface area contributed by atoms with E-state index in [4.69, 9.17) is 5.73 Å². The van der Waals surface area contributed by atoms with Gasteiger partial charge >= 0.3 is 6.18 Å². The summed E-state index contributed by atoms with van der Waals surface area (Å²) >= 11 is 4.64. The van der Waals surface area contributed by atoms with Crippen molar-refractivity contribution in [2.24, 2.45) is 5.73 Å². The van der Waals surface area contributed by atoms with Crippen LogP contribution in [0.25, 0.3) is 0 Å². The highest BCUT2D eigenvalue weighted by molar-refractivity contribution is 7.80. The van der Waals surface area contributed by atoms with Crippen molar-refractivity contribution in [2.45, 2.75) is 12.7 Å². The lowest BCUT2D eigenvalue weighted by molar-refractivity contribution is -0.137. The summed E-state index contributed by atoms with van der Waals surface area (Å²) in [4.78, 5) is -0.281. The van der Waals surface area contributed by atoms with E-state index in [9.17, 15) is 13.2 Å². The first-order chi connectivity index (χ1) is 9.88. The molecule has 0 radical (unpaired) electrons. The van der Waals surface area contributed by atoms with Crippen LogP contribution in [0, 0.1) is 0 Å². The number of thiocarbonyl (C=S) groups is 1. The lowest BCUT2D eigenvalue weighted by Gasteiger charge is -2.14. The van der Waals surface area contributed by atoms with Crippen LogP contribution in [-0.4, -0.2) is 26.5 Å². The summed E-state index contributed by atoms with van der Waals surface area (Å²) in [6.07, 6.45) is -1.32. The molecule has 1 heterocycles. The van der Waals surface area contributed by atoms with Crippen LogP contribution >= 0.6 is 12.2 Å². The zero-order valence-electron chi connectivity index (χ0n) is 10.8. The molecule has 0 unspecified atom stereocenters. The molecule has 2 rings (SSSR count). The van der Waals surface area contributed by atoms with Gasteiger partial charge in [0, 0.05) is 24.0 Å². The Morgan fingerprint density at radius 3 is 2.71 bits per heavy atom. The van der Waals surface area contributed by atoms with Crippen molar-refractivity contribution in [3.63, 3.8) is 0 Å². The molecule has 0 spiro atoms. The molecule has 0 saturated carbocycles. The van der Waals surface area contributed by atoms with Gasteiger partial charge in [0.05, 0.1) is 18.3 Å². The molecule has 1 aromatic heterocycles. The highest BCUT2D eigenvalue weighted by Gasteiger charge is 2.34. The van der Waals surface area contributed by atoms with Crippen LogP contribution in [-0.2, 0) is 12.7 Å². The molecule has 5 nitrogen and oxygen atoms in total. The molecule has 0 saturated heterocycles. The summed E-state index contributed by atoms with van der Waals surface area (Å²) in [5.74, 6) is 0. The second-order valence-corrected chi connectivity index (χ2v) is 4.66. The lowest BCUT2D eigenvalue weighted by Crippen LogP contribution is -2.18. The van der Waals surface area contributed by atoms with Gasteiger partial charge in [0.15, 0.2) is 0 Å². The van der Waals surface area contributed by atoms with Gasteiger partial charge in [-0.2, -0.15) is 13.2 Å².